The number of sulfonamides is 1. The number of nitrogens with zero attached hydrogens (tertiary/aromatic N) is 2. The van der Waals surface area contributed by atoms with Gasteiger partial charge in [0.1, 0.15) is 12.1 Å². The number of rotatable bonds is 4. The lowest BCUT2D eigenvalue weighted by molar-refractivity contribution is 0.397. The number of nitrogens with two attached hydrogens (primary N) is 1. The lowest BCUT2D eigenvalue weighted by Crippen LogP contribution is -2.14. The van der Waals surface area contributed by atoms with E-state index in [1.54, 1.807) is 0 Å². The van der Waals surface area contributed by atoms with Crippen molar-refractivity contribution in [2.75, 3.05) is 17.5 Å². The van der Waals surface area contributed by atoms with E-state index in [9.17, 15) is 8.42 Å². The van der Waals surface area contributed by atoms with Gasteiger partial charge in [-0.2, -0.15) is 0 Å². The van der Waals surface area contributed by atoms with Crippen LogP contribution in [0, 0.1) is 0 Å². The fourth-order valence-corrected chi connectivity index (χ4v) is 2.29. The molecule has 8 heteroatoms. The molecule has 0 saturated carbocycles. The van der Waals surface area contributed by atoms with Crippen molar-refractivity contribution < 1.29 is 17.3 Å². The van der Waals surface area contributed by atoms with E-state index in [2.05, 4.69) is 19.4 Å². The number of nitrogens with one attached hydrogen (secondary N) is 1. The van der Waals surface area contributed by atoms with Crippen molar-refractivity contribution >= 4 is 21.5 Å². The van der Waals surface area contributed by atoms with Crippen LogP contribution in [-0.2, 0) is 10.0 Å². The van der Waals surface area contributed by atoms with Gasteiger partial charge in [0.2, 0.25) is 5.88 Å². The topological polar surface area (TPSA) is 107 Å². The zero-order chi connectivity index (χ0) is 16.4. The van der Waals surface area contributed by atoms with Crippen LogP contribution in [0.25, 0.3) is 0 Å². The van der Waals surface area contributed by atoms with Gasteiger partial charge in [-0.15, -0.1) is 0 Å². The van der Waals surface area contributed by atoms with Crippen LogP contribution in [0.4, 0.5) is 11.5 Å². The number of aromatic nitrogens is 2. The Morgan fingerprint density at radius 2 is 2.05 bits per heavy atom. The molecule has 7 nitrogen and oxygen atoms in total. The Morgan fingerprint density at radius 1 is 1.32 bits per heavy atom. The highest BCUT2D eigenvalue weighted by molar-refractivity contribution is 7.92. The standard InChI is InChI=1S/C11H12N4O3S/c1-18-11-6-10(13-7-14-11)15-19(16,17)9-4-2-8(12)3-5-9/h2-7H,12H2,1H3,(H,13,14,15)/i1D3. The lowest BCUT2D eigenvalue weighted by atomic mass is 10.3. The summed E-state index contributed by atoms with van der Waals surface area (Å²) in [5.41, 5.74) is 5.92. The Morgan fingerprint density at radius 3 is 2.74 bits per heavy atom. The molecule has 1 aromatic carbocycles. The molecule has 0 aliphatic rings. The molecular weight excluding hydrogens is 268 g/mol. The Balaban J connectivity index is 2.23. The van der Waals surface area contributed by atoms with Crippen LogP contribution in [0.5, 0.6) is 5.88 Å². The molecule has 1 heterocycles. The normalized spacial score (nSPS) is 14.0. The molecule has 0 bridgehead atoms. The van der Waals surface area contributed by atoms with Gasteiger partial charge in [0.05, 0.1) is 16.0 Å². The molecule has 1 aromatic heterocycles. The van der Waals surface area contributed by atoms with Crippen molar-refractivity contribution in [1.82, 2.24) is 9.97 Å². The van der Waals surface area contributed by atoms with Crippen molar-refractivity contribution in [3.8, 4) is 5.88 Å². The summed E-state index contributed by atoms with van der Waals surface area (Å²) < 4.78 is 52.0. The van der Waals surface area contributed by atoms with Gasteiger partial charge < -0.3 is 10.5 Å². The number of ether oxygens (including phenoxy) is 1. The SMILES string of the molecule is [2H]C([2H])([2H])Oc1cc(NS(=O)(=O)c2ccc(N)cc2)ncn1. The molecule has 0 aliphatic heterocycles. The molecular formula is C11H12N4O3S. The first kappa shape index (κ1) is 9.56. The summed E-state index contributed by atoms with van der Waals surface area (Å²) >= 11 is 0. The maximum atomic E-state index is 12.1. The minimum absolute atomic E-state index is 0.0152. The number of hydrogen-bond donors (Lipinski definition) is 2. The van der Waals surface area contributed by atoms with E-state index < -0.39 is 17.1 Å². The summed E-state index contributed by atoms with van der Waals surface area (Å²) in [6, 6.07) is 6.62. The van der Waals surface area contributed by atoms with E-state index in [4.69, 9.17) is 9.85 Å². The molecule has 0 unspecified atom stereocenters. The molecule has 0 saturated heterocycles. The van der Waals surface area contributed by atoms with Crippen LogP contribution in [-0.4, -0.2) is 25.4 Å². The van der Waals surface area contributed by atoms with Gasteiger partial charge in [-0.25, -0.2) is 18.4 Å². The molecule has 0 fully saturated rings. The number of hydrogen-bond acceptors (Lipinski definition) is 6. The van der Waals surface area contributed by atoms with E-state index in [-0.39, 0.29) is 16.6 Å². The van der Waals surface area contributed by atoms with E-state index in [0.717, 1.165) is 12.4 Å². The predicted molar refractivity (Wildman–Crippen MR) is 70.2 cm³/mol. The molecule has 0 amide bonds. The average molecular weight is 283 g/mol. The van der Waals surface area contributed by atoms with Crippen LogP contribution >= 0.6 is 0 Å². The predicted octanol–water partition coefficient (Wildman–Crippen LogP) is 0.868. The third kappa shape index (κ3) is 3.10. The van der Waals surface area contributed by atoms with Gasteiger partial charge >= 0.3 is 0 Å². The summed E-state index contributed by atoms with van der Waals surface area (Å²) in [4.78, 5) is 7.29. The highest BCUT2D eigenvalue weighted by Crippen LogP contribution is 2.17. The quantitative estimate of drug-likeness (QED) is 0.806. The number of methoxy groups -OCH3 is 1. The molecule has 100 valence electrons. The minimum Gasteiger partial charge on any atom is -0.481 e. The van der Waals surface area contributed by atoms with E-state index in [1.807, 2.05) is 0 Å². The monoisotopic (exact) mass is 283 g/mol. The van der Waals surface area contributed by atoms with Crippen LogP contribution in [0.1, 0.15) is 4.11 Å². The Labute approximate surface area is 114 Å². The first-order chi connectivity index (χ1) is 10.2. The Hall–Kier alpha value is -2.35. The van der Waals surface area contributed by atoms with Crippen molar-refractivity contribution in [2.45, 2.75) is 4.90 Å². The molecule has 2 aromatic rings. The fraction of sp³-hybridized carbons (Fsp3) is 0.0909. The highest BCUT2D eigenvalue weighted by atomic mass is 32.2. The van der Waals surface area contributed by atoms with Crippen molar-refractivity contribution in [2.24, 2.45) is 0 Å². The fourth-order valence-electron chi connectivity index (χ4n) is 1.29. The Kier molecular flexibility index (Phi) is 2.57. The lowest BCUT2D eigenvalue weighted by Gasteiger charge is -2.08. The largest absolute Gasteiger partial charge is 0.481 e. The van der Waals surface area contributed by atoms with Gasteiger partial charge in [0.25, 0.3) is 10.0 Å². The summed E-state index contributed by atoms with van der Waals surface area (Å²) in [6.45, 7) is 0. The van der Waals surface area contributed by atoms with Gasteiger partial charge in [0, 0.05) is 11.8 Å². The van der Waals surface area contributed by atoms with Crippen LogP contribution < -0.4 is 15.2 Å². The van der Waals surface area contributed by atoms with E-state index in [0.29, 0.717) is 5.69 Å². The second-order valence-corrected chi connectivity index (χ2v) is 5.20. The van der Waals surface area contributed by atoms with Crippen LogP contribution in [0.2, 0.25) is 0 Å². The molecule has 19 heavy (non-hydrogen) atoms. The summed E-state index contributed by atoms with van der Waals surface area (Å²) in [7, 11) is -6.58. The third-order valence-electron chi connectivity index (χ3n) is 2.18. The summed E-state index contributed by atoms with van der Waals surface area (Å²) in [5, 5.41) is 0. The zero-order valence-corrected chi connectivity index (χ0v) is 10.4. The van der Waals surface area contributed by atoms with Crippen molar-refractivity contribution in [3.05, 3.63) is 36.7 Å². The number of nitrogen functional groups attached to an aromatic ring is 1. The van der Waals surface area contributed by atoms with E-state index in [1.165, 1.54) is 24.3 Å². The van der Waals surface area contributed by atoms with Gasteiger partial charge in [-0.3, -0.25) is 4.72 Å². The maximum Gasteiger partial charge on any atom is 0.263 e. The summed E-state index contributed by atoms with van der Waals surface area (Å²) in [5.74, 6) is -0.393. The third-order valence-corrected chi connectivity index (χ3v) is 3.55. The van der Waals surface area contributed by atoms with Gasteiger partial charge in [0.15, 0.2) is 0 Å². The first-order valence-electron chi connectivity index (χ1n) is 6.55. The van der Waals surface area contributed by atoms with Crippen molar-refractivity contribution in [3.63, 3.8) is 0 Å². The minimum atomic E-state index is -3.88. The van der Waals surface area contributed by atoms with Crippen LogP contribution in [0.3, 0.4) is 0 Å². The van der Waals surface area contributed by atoms with Gasteiger partial charge in [-0.1, -0.05) is 0 Å². The summed E-state index contributed by atoms with van der Waals surface area (Å²) in [6.07, 6.45) is 0.988. The zero-order valence-electron chi connectivity index (χ0n) is 12.6. The van der Waals surface area contributed by atoms with Crippen molar-refractivity contribution in [1.29, 1.82) is 0 Å². The molecule has 2 rings (SSSR count). The number of anilines is 2. The molecule has 0 atom stereocenters. The van der Waals surface area contributed by atoms with Gasteiger partial charge in [-0.05, 0) is 24.3 Å². The first-order valence-corrected chi connectivity index (χ1v) is 6.53. The van der Waals surface area contributed by atoms with Crippen LogP contribution in [0.15, 0.2) is 41.6 Å². The Bertz CT molecular complexity index is 763. The second kappa shape index (κ2) is 5.11. The molecule has 0 spiro atoms. The highest BCUT2D eigenvalue weighted by Gasteiger charge is 2.14. The average Bonchev–Trinajstić information content (AvgIpc) is 2.37. The molecule has 3 N–H and O–H groups in total. The maximum absolute atomic E-state index is 12.1. The smallest absolute Gasteiger partial charge is 0.263 e. The molecule has 0 aliphatic carbocycles. The molecule has 0 radical (unpaired) electrons. The van der Waals surface area contributed by atoms with E-state index >= 15 is 0 Å². The second-order valence-electron chi connectivity index (χ2n) is 3.52. The number of benzene rings is 1.